The first-order chi connectivity index (χ1) is 7.11. The Morgan fingerprint density at radius 3 is 2.60 bits per heavy atom. The van der Waals surface area contributed by atoms with Crippen LogP contribution in [0.3, 0.4) is 0 Å². The number of anilines is 1. The number of pyridine rings is 1. The molecular weight excluding hydrogens is 202 g/mol. The van der Waals surface area contributed by atoms with E-state index >= 15 is 0 Å². The predicted molar refractivity (Wildman–Crippen MR) is 47.6 cm³/mol. The van der Waals surface area contributed by atoms with E-state index in [-0.39, 0.29) is 23.4 Å². The largest absolute Gasteiger partial charge is 0.397 e. The number of nitriles is 2. The van der Waals surface area contributed by atoms with E-state index in [1.54, 1.807) is 12.1 Å². The van der Waals surface area contributed by atoms with Gasteiger partial charge in [-0.1, -0.05) is 0 Å². The van der Waals surface area contributed by atoms with E-state index in [1.165, 1.54) is 0 Å². The van der Waals surface area contributed by atoms with E-state index in [0.717, 1.165) is 6.20 Å². The molecule has 0 aliphatic heterocycles. The standard InChI is InChI=1S/C9H6F2N4/c10-9(11)8-5(1-2-12)6(14)4-15-7(8)3-13/h4,9H,1,14H2. The molecule has 0 spiro atoms. The molecule has 15 heavy (non-hydrogen) atoms. The number of alkyl halides is 2. The van der Waals surface area contributed by atoms with Crippen molar-refractivity contribution in [1.29, 1.82) is 10.5 Å². The zero-order valence-corrected chi connectivity index (χ0v) is 7.54. The highest BCUT2D eigenvalue weighted by Crippen LogP contribution is 2.29. The first-order valence-corrected chi connectivity index (χ1v) is 3.94. The molecule has 1 aromatic rings. The fraction of sp³-hybridized carbons (Fsp3) is 0.222. The fourth-order valence-corrected chi connectivity index (χ4v) is 1.18. The highest BCUT2D eigenvalue weighted by atomic mass is 19.3. The minimum absolute atomic E-state index is 0.00542. The molecular formula is C9H6F2N4. The van der Waals surface area contributed by atoms with Crippen molar-refractivity contribution in [3.05, 3.63) is 23.0 Å². The SMILES string of the molecule is N#CCc1c(N)cnc(C#N)c1C(F)F. The molecule has 0 saturated carbocycles. The van der Waals surface area contributed by atoms with E-state index in [0.29, 0.717) is 0 Å². The number of nitrogens with zero attached hydrogens (tertiary/aromatic N) is 3. The second kappa shape index (κ2) is 4.34. The molecule has 76 valence electrons. The summed E-state index contributed by atoms with van der Waals surface area (Å²) in [5, 5.41) is 17.0. The summed E-state index contributed by atoms with van der Waals surface area (Å²) in [5.74, 6) is 0. The average Bonchev–Trinajstić information content (AvgIpc) is 2.20. The van der Waals surface area contributed by atoms with Gasteiger partial charge in [0.1, 0.15) is 11.8 Å². The Kier molecular flexibility index (Phi) is 3.14. The number of rotatable bonds is 2. The van der Waals surface area contributed by atoms with Crippen molar-refractivity contribution >= 4 is 5.69 Å². The third-order valence-electron chi connectivity index (χ3n) is 1.84. The topological polar surface area (TPSA) is 86.5 Å². The minimum atomic E-state index is -2.86. The zero-order chi connectivity index (χ0) is 11.4. The van der Waals surface area contributed by atoms with E-state index in [2.05, 4.69) is 4.98 Å². The second-order valence-electron chi connectivity index (χ2n) is 2.70. The van der Waals surface area contributed by atoms with Gasteiger partial charge in [-0.15, -0.1) is 0 Å². The molecule has 0 atom stereocenters. The van der Waals surface area contributed by atoms with Crippen molar-refractivity contribution in [1.82, 2.24) is 4.98 Å². The quantitative estimate of drug-likeness (QED) is 0.798. The summed E-state index contributed by atoms with van der Waals surface area (Å²) in [6, 6.07) is 3.27. The third kappa shape index (κ3) is 2.00. The van der Waals surface area contributed by atoms with Crippen molar-refractivity contribution in [2.75, 3.05) is 5.73 Å². The van der Waals surface area contributed by atoms with Crippen LogP contribution in [0.25, 0.3) is 0 Å². The molecule has 2 N–H and O–H groups in total. The fourth-order valence-electron chi connectivity index (χ4n) is 1.18. The summed E-state index contributed by atoms with van der Waals surface area (Å²) in [7, 11) is 0. The Morgan fingerprint density at radius 2 is 2.13 bits per heavy atom. The van der Waals surface area contributed by atoms with Crippen LogP contribution in [-0.4, -0.2) is 4.98 Å². The number of aromatic nitrogens is 1. The van der Waals surface area contributed by atoms with Gasteiger partial charge in [-0.25, -0.2) is 13.8 Å². The summed E-state index contributed by atoms with van der Waals surface area (Å²) in [5.41, 5.74) is 4.48. The molecule has 0 bridgehead atoms. The Morgan fingerprint density at radius 1 is 1.47 bits per heavy atom. The number of hydrogen-bond acceptors (Lipinski definition) is 4. The lowest BCUT2D eigenvalue weighted by Gasteiger charge is -2.09. The molecule has 0 amide bonds. The number of nitrogens with two attached hydrogens (primary N) is 1. The molecule has 0 aromatic carbocycles. The van der Waals surface area contributed by atoms with Gasteiger partial charge in [-0.2, -0.15) is 10.5 Å². The zero-order valence-electron chi connectivity index (χ0n) is 7.54. The maximum absolute atomic E-state index is 12.6. The maximum Gasteiger partial charge on any atom is 0.267 e. The molecule has 1 aromatic heterocycles. The predicted octanol–water partition coefficient (Wildman–Crippen LogP) is 1.54. The van der Waals surface area contributed by atoms with Gasteiger partial charge < -0.3 is 5.73 Å². The van der Waals surface area contributed by atoms with Crippen molar-refractivity contribution in [2.45, 2.75) is 12.8 Å². The molecule has 0 aliphatic carbocycles. The second-order valence-corrected chi connectivity index (χ2v) is 2.70. The first-order valence-electron chi connectivity index (χ1n) is 3.94. The first kappa shape index (κ1) is 10.9. The average molecular weight is 208 g/mol. The molecule has 0 saturated heterocycles. The smallest absolute Gasteiger partial charge is 0.267 e. The Labute approximate surface area is 84.6 Å². The molecule has 0 fully saturated rings. The van der Waals surface area contributed by atoms with Crippen molar-refractivity contribution in [2.24, 2.45) is 0 Å². The van der Waals surface area contributed by atoms with Crippen LogP contribution in [0.5, 0.6) is 0 Å². The van der Waals surface area contributed by atoms with Crippen LogP contribution in [0, 0.1) is 22.7 Å². The molecule has 1 rings (SSSR count). The summed E-state index contributed by atoms with van der Waals surface area (Å²) >= 11 is 0. The lowest BCUT2D eigenvalue weighted by Crippen LogP contribution is -2.05. The highest BCUT2D eigenvalue weighted by molar-refractivity contribution is 5.54. The lowest BCUT2D eigenvalue weighted by molar-refractivity contribution is 0.149. The van der Waals surface area contributed by atoms with Gasteiger partial charge in [0.2, 0.25) is 0 Å². The van der Waals surface area contributed by atoms with Gasteiger partial charge in [-0.05, 0) is 0 Å². The molecule has 0 radical (unpaired) electrons. The Bertz CT molecular complexity index is 456. The molecule has 0 aliphatic rings. The Balaban J connectivity index is 3.47. The summed E-state index contributed by atoms with van der Waals surface area (Å²) in [4.78, 5) is 3.49. The highest BCUT2D eigenvalue weighted by Gasteiger charge is 2.21. The van der Waals surface area contributed by atoms with Crippen molar-refractivity contribution in [3.8, 4) is 12.1 Å². The Hall–Kier alpha value is -2.21. The maximum atomic E-state index is 12.6. The van der Waals surface area contributed by atoms with E-state index in [1.807, 2.05) is 0 Å². The van der Waals surface area contributed by atoms with E-state index in [9.17, 15) is 8.78 Å². The number of halogens is 2. The van der Waals surface area contributed by atoms with Gasteiger partial charge in [0.15, 0.2) is 0 Å². The van der Waals surface area contributed by atoms with Gasteiger partial charge >= 0.3 is 0 Å². The van der Waals surface area contributed by atoms with Gasteiger partial charge in [-0.3, -0.25) is 0 Å². The van der Waals surface area contributed by atoms with Crippen molar-refractivity contribution in [3.63, 3.8) is 0 Å². The van der Waals surface area contributed by atoms with Crippen LogP contribution in [0.1, 0.15) is 23.2 Å². The van der Waals surface area contributed by atoms with Gasteiger partial charge in [0, 0.05) is 5.56 Å². The van der Waals surface area contributed by atoms with Crippen LogP contribution >= 0.6 is 0 Å². The molecule has 1 heterocycles. The molecule has 0 unspecified atom stereocenters. The lowest BCUT2D eigenvalue weighted by atomic mass is 10.0. The third-order valence-corrected chi connectivity index (χ3v) is 1.84. The summed E-state index contributed by atoms with van der Waals surface area (Å²) < 4.78 is 25.2. The summed E-state index contributed by atoms with van der Waals surface area (Å²) in [6.07, 6.45) is -2.02. The monoisotopic (exact) mass is 208 g/mol. The van der Waals surface area contributed by atoms with Crippen LogP contribution < -0.4 is 5.73 Å². The van der Waals surface area contributed by atoms with Gasteiger partial charge in [0.05, 0.1) is 29.9 Å². The molecule has 6 heteroatoms. The van der Waals surface area contributed by atoms with Crippen LogP contribution in [0.4, 0.5) is 14.5 Å². The van der Waals surface area contributed by atoms with Crippen LogP contribution in [0.2, 0.25) is 0 Å². The number of hydrogen-bond donors (Lipinski definition) is 1. The normalized spacial score (nSPS) is 9.67. The van der Waals surface area contributed by atoms with E-state index in [4.69, 9.17) is 16.3 Å². The van der Waals surface area contributed by atoms with Crippen LogP contribution in [-0.2, 0) is 6.42 Å². The van der Waals surface area contributed by atoms with Crippen molar-refractivity contribution < 1.29 is 8.78 Å². The summed E-state index contributed by atoms with van der Waals surface area (Å²) in [6.45, 7) is 0. The van der Waals surface area contributed by atoms with Crippen LogP contribution in [0.15, 0.2) is 6.20 Å². The number of nitrogen functional groups attached to an aromatic ring is 1. The van der Waals surface area contributed by atoms with E-state index < -0.39 is 12.0 Å². The minimum Gasteiger partial charge on any atom is -0.397 e. The van der Waals surface area contributed by atoms with Gasteiger partial charge in [0.25, 0.3) is 6.43 Å². The molecule has 4 nitrogen and oxygen atoms in total.